The summed E-state index contributed by atoms with van der Waals surface area (Å²) in [4.78, 5) is 2.57. The minimum atomic E-state index is 0.603. The number of hydrogen-bond donors (Lipinski definition) is 1. The molecule has 0 aliphatic carbocycles. The lowest BCUT2D eigenvalue weighted by atomic mass is 9.78. The Balaban J connectivity index is 1.60. The van der Waals surface area contributed by atoms with Crippen LogP contribution < -0.4 is 5.32 Å². The Kier molecular flexibility index (Phi) is 3.07. The molecule has 2 saturated heterocycles. The van der Waals surface area contributed by atoms with Gasteiger partial charge in [-0.05, 0) is 55.9 Å². The van der Waals surface area contributed by atoms with E-state index in [9.17, 15) is 0 Å². The Hall–Kier alpha value is -1.00. The van der Waals surface area contributed by atoms with Gasteiger partial charge in [-0.3, -0.25) is 4.90 Å². The van der Waals surface area contributed by atoms with Crippen LogP contribution in [0.5, 0.6) is 0 Å². The van der Waals surface area contributed by atoms with E-state index in [0.717, 1.165) is 6.54 Å². The van der Waals surface area contributed by atoms with E-state index >= 15 is 0 Å². The second-order valence-electron chi connectivity index (χ2n) is 5.46. The van der Waals surface area contributed by atoms with Crippen LogP contribution in [0.1, 0.15) is 24.8 Å². The maximum absolute atomic E-state index is 3.94. The number of rotatable bonds is 2. The van der Waals surface area contributed by atoms with Gasteiger partial charge in [-0.1, -0.05) is 0 Å². The maximum atomic E-state index is 3.94. The quantitative estimate of drug-likeness (QED) is 0.827. The number of nitrogens with zero attached hydrogens (tertiary/aromatic N) is 3. The molecule has 0 bridgehead atoms. The average Bonchev–Trinajstić information content (AvgIpc) is 2.74. The van der Waals surface area contributed by atoms with Crippen molar-refractivity contribution in [1.29, 1.82) is 0 Å². The van der Waals surface area contributed by atoms with Gasteiger partial charge in [0.1, 0.15) is 0 Å². The molecule has 0 unspecified atom stereocenters. The van der Waals surface area contributed by atoms with Gasteiger partial charge >= 0.3 is 0 Å². The van der Waals surface area contributed by atoms with Crippen molar-refractivity contribution in [3.05, 3.63) is 24.0 Å². The summed E-state index contributed by atoms with van der Waals surface area (Å²) >= 11 is 0. The molecule has 1 aromatic rings. The van der Waals surface area contributed by atoms with Crippen LogP contribution in [0.25, 0.3) is 0 Å². The largest absolute Gasteiger partial charge is 0.317 e. The molecule has 0 saturated carbocycles. The van der Waals surface area contributed by atoms with Gasteiger partial charge in [-0.25, -0.2) is 0 Å². The normalized spacial score (nSPS) is 24.2. The van der Waals surface area contributed by atoms with Gasteiger partial charge < -0.3 is 5.32 Å². The lowest BCUT2D eigenvalue weighted by molar-refractivity contribution is 0.194. The lowest BCUT2D eigenvalue weighted by Gasteiger charge is -2.33. The highest BCUT2D eigenvalue weighted by atomic mass is 15.2. The molecule has 1 aromatic heterocycles. The van der Waals surface area contributed by atoms with E-state index in [4.69, 9.17) is 0 Å². The van der Waals surface area contributed by atoms with Crippen LogP contribution in [-0.4, -0.2) is 41.3 Å². The Labute approximate surface area is 102 Å². The van der Waals surface area contributed by atoms with E-state index in [1.54, 1.807) is 6.20 Å². The highest BCUT2D eigenvalue weighted by Crippen LogP contribution is 2.38. The van der Waals surface area contributed by atoms with Crippen molar-refractivity contribution in [3.63, 3.8) is 0 Å². The molecule has 4 heteroatoms. The molecule has 1 N–H and O–H groups in total. The van der Waals surface area contributed by atoms with Crippen LogP contribution in [0.2, 0.25) is 0 Å². The SMILES string of the molecule is c1cc(CN2CCC3(CCNCC3)C2)cnn1. The summed E-state index contributed by atoms with van der Waals surface area (Å²) in [6.07, 6.45) is 7.72. The molecule has 3 heterocycles. The Morgan fingerprint density at radius 2 is 2.12 bits per heavy atom. The Morgan fingerprint density at radius 3 is 2.88 bits per heavy atom. The average molecular weight is 232 g/mol. The van der Waals surface area contributed by atoms with Crippen molar-refractivity contribution in [2.24, 2.45) is 5.41 Å². The topological polar surface area (TPSA) is 41.0 Å². The summed E-state index contributed by atoms with van der Waals surface area (Å²) in [6.45, 7) is 5.93. The summed E-state index contributed by atoms with van der Waals surface area (Å²) in [7, 11) is 0. The van der Waals surface area contributed by atoms with Crippen LogP contribution >= 0.6 is 0 Å². The minimum absolute atomic E-state index is 0.603. The van der Waals surface area contributed by atoms with E-state index in [1.807, 2.05) is 6.20 Å². The van der Waals surface area contributed by atoms with Crippen LogP contribution in [0, 0.1) is 5.41 Å². The zero-order chi connectivity index (χ0) is 11.6. The van der Waals surface area contributed by atoms with Crippen molar-refractivity contribution >= 4 is 0 Å². The molecule has 0 amide bonds. The second-order valence-corrected chi connectivity index (χ2v) is 5.46. The molecule has 4 nitrogen and oxygen atoms in total. The van der Waals surface area contributed by atoms with Gasteiger partial charge in [-0.15, -0.1) is 0 Å². The number of likely N-dealkylation sites (tertiary alicyclic amines) is 1. The molecule has 17 heavy (non-hydrogen) atoms. The first-order valence-electron chi connectivity index (χ1n) is 6.55. The molecule has 2 aliphatic rings. The molecule has 0 radical (unpaired) electrons. The predicted octanol–water partition coefficient (Wildman–Crippen LogP) is 1.05. The number of aromatic nitrogens is 2. The van der Waals surface area contributed by atoms with Gasteiger partial charge in [0.2, 0.25) is 0 Å². The highest BCUT2D eigenvalue weighted by molar-refractivity contribution is 5.06. The van der Waals surface area contributed by atoms with Crippen molar-refractivity contribution in [2.75, 3.05) is 26.2 Å². The van der Waals surface area contributed by atoms with Crippen molar-refractivity contribution < 1.29 is 0 Å². The lowest BCUT2D eigenvalue weighted by Crippen LogP contribution is -2.38. The third-order valence-electron chi connectivity index (χ3n) is 4.23. The summed E-state index contributed by atoms with van der Waals surface area (Å²) in [6, 6.07) is 2.07. The molecule has 0 aromatic carbocycles. The van der Waals surface area contributed by atoms with E-state index in [2.05, 4.69) is 26.5 Å². The molecular weight excluding hydrogens is 212 g/mol. The fourth-order valence-corrected chi connectivity index (χ4v) is 3.20. The minimum Gasteiger partial charge on any atom is -0.317 e. The second kappa shape index (κ2) is 4.70. The van der Waals surface area contributed by atoms with Crippen LogP contribution in [0.15, 0.2) is 18.5 Å². The third kappa shape index (κ3) is 2.48. The van der Waals surface area contributed by atoms with Gasteiger partial charge in [0.05, 0.1) is 6.20 Å². The molecule has 3 rings (SSSR count). The molecule has 0 atom stereocenters. The molecular formula is C13H20N4. The Morgan fingerprint density at radius 1 is 1.24 bits per heavy atom. The first-order chi connectivity index (χ1) is 8.36. The summed E-state index contributed by atoms with van der Waals surface area (Å²) < 4.78 is 0. The van der Waals surface area contributed by atoms with E-state index < -0.39 is 0 Å². The van der Waals surface area contributed by atoms with Gasteiger partial charge in [0, 0.05) is 19.3 Å². The fourth-order valence-electron chi connectivity index (χ4n) is 3.20. The standard InChI is InChI=1S/C13H20N4/c1-5-15-16-9-12(1)10-17-8-4-13(11-17)2-6-14-7-3-13/h1,5,9,14H,2-4,6-8,10-11H2. The van der Waals surface area contributed by atoms with Crippen LogP contribution in [-0.2, 0) is 6.54 Å². The third-order valence-corrected chi connectivity index (χ3v) is 4.23. The highest BCUT2D eigenvalue weighted by Gasteiger charge is 2.38. The van der Waals surface area contributed by atoms with Crippen molar-refractivity contribution in [2.45, 2.75) is 25.8 Å². The first-order valence-corrected chi connectivity index (χ1v) is 6.55. The van der Waals surface area contributed by atoms with Crippen molar-refractivity contribution in [1.82, 2.24) is 20.4 Å². The first kappa shape index (κ1) is 11.1. The van der Waals surface area contributed by atoms with Crippen molar-refractivity contribution in [3.8, 4) is 0 Å². The van der Waals surface area contributed by atoms with Crippen LogP contribution in [0.3, 0.4) is 0 Å². The maximum Gasteiger partial charge on any atom is 0.0541 e. The predicted molar refractivity (Wildman–Crippen MR) is 66.5 cm³/mol. The van der Waals surface area contributed by atoms with E-state index in [0.29, 0.717) is 5.41 Å². The van der Waals surface area contributed by atoms with Gasteiger partial charge in [0.25, 0.3) is 0 Å². The molecule has 2 aliphatic heterocycles. The zero-order valence-corrected chi connectivity index (χ0v) is 10.2. The number of piperidine rings is 1. The monoisotopic (exact) mass is 232 g/mol. The molecule has 2 fully saturated rings. The Bertz CT molecular complexity index is 359. The summed E-state index contributed by atoms with van der Waals surface area (Å²) in [5.74, 6) is 0. The van der Waals surface area contributed by atoms with Crippen LogP contribution in [0.4, 0.5) is 0 Å². The van der Waals surface area contributed by atoms with Gasteiger partial charge in [-0.2, -0.15) is 10.2 Å². The smallest absolute Gasteiger partial charge is 0.0541 e. The van der Waals surface area contributed by atoms with E-state index in [-0.39, 0.29) is 0 Å². The number of nitrogens with one attached hydrogen (secondary N) is 1. The van der Waals surface area contributed by atoms with E-state index in [1.165, 1.54) is 51.0 Å². The summed E-state index contributed by atoms with van der Waals surface area (Å²) in [5.41, 5.74) is 1.89. The summed E-state index contributed by atoms with van der Waals surface area (Å²) in [5, 5.41) is 11.2. The molecule has 92 valence electrons. The zero-order valence-electron chi connectivity index (χ0n) is 10.2. The molecule has 1 spiro atoms. The fraction of sp³-hybridized carbons (Fsp3) is 0.692. The number of hydrogen-bond acceptors (Lipinski definition) is 4. The van der Waals surface area contributed by atoms with Gasteiger partial charge in [0.15, 0.2) is 0 Å².